The molecule has 2 heterocycles. The molecule has 0 radical (unpaired) electrons. The highest BCUT2D eigenvalue weighted by molar-refractivity contribution is 6.35. The Labute approximate surface area is 155 Å². The molecule has 1 aromatic rings. The summed E-state index contributed by atoms with van der Waals surface area (Å²) in [6, 6.07) is 3.71. The molecule has 134 valence electrons. The van der Waals surface area contributed by atoms with Crippen LogP contribution in [0.4, 0.5) is 0 Å². The molecule has 1 aromatic carbocycles. The van der Waals surface area contributed by atoms with Crippen molar-refractivity contribution in [2.45, 2.75) is 24.9 Å². The lowest BCUT2D eigenvalue weighted by atomic mass is 9.83. The van der Waals surface area contributed by atoms with Gasteiger partial charge in [0.1, 0.15) is 5.75 Å². The molecule has 2 aliphatic rings. The van der Waals surface area contributed by atoms with Gasteiger partial charge in [0.05, 0.1) is 12.1 Å². The summed E-state index contributed by atoms with van der Waals surface area (Å²) >= 11 is 12.4. The summed E-state index contributed by atoms with van der Waals surface area (Å²) in [6.45, 7) is 6.51. The molecule has 0 atom stereocenters. The number of likely N-dealkylation sites (tertiary alicyclic amines) is 1. The van der Waals surface area contributed by atoms with Gasteiger partial charge in [0, 0.05) is 55.4 Å². The van der Waals surface area contributed by atoms with Crippen LogP contribution in [0.1, 0.15) is 18.4 Å². The quantitative estimate of drug-likeness (QED) is 0.811. The van der Waals surface area contributed by atoms with Crippen LogP contribution in [0.15, 0.2) is 12.1 Å². The smallest absolute Gasteiger partial charge is 0.142 e. The number of nitrogens with zero attached hydrogens (tertiary/aromatic N) is 3. The van der Waals surface area contributed by atoms with Gasteiger partial charge in [-0.25, -0.2) is 0 Å². The van der Waals surface area contributed by atoms with Gasteiger partial charge >= 0.3 is 0 Å². The minimum absolute atomic E-state index is 0.333. The first-order valence-corrected chi connectivity index (χ1v) is 9.33. The van der Waals surface area contributed by atoms with E-state index < -0.39 is 0 Å². The summed E-state index contributed by atoms with van der Waals surface area (Å²) in [4.78, 5) is 7.52. The van der Waals surface area contributed by atoms with Crippen LogP contribution in [0.3, 0.4) is 0 Å². The Morgan fingerprint density at radius 2 is 1.79 bits per heavy atom. The van der Waals surface area contributed by atoms with Crippen LogP contribution in [-0.2, 0) is 6.54 Å². The predicted molar refractivity (Wildman–Crippen MR) is 100 cm³/mol. The number of hydrogen-bond acceptors (Lipinski definition) is 4. The van der Waals surface area contributed by atoms with Crippen molar-refractivity contribution in [3.05, 3.63) is 27.7 Å². The Kier molecular flexibility index (Phi) is 5.62. The SMILES string of the molecule is COc1c(Cl)cc(Cl)cc1CN1CCC2(CC1)CN(C)CCN2C. The van der Waals surface area contributed by atoms with E-state index in [0.717, 1.165) is 37.5 Å². The lowest BCUT2D eigenvalue weighted by Crippen LogP contribution is -2.63. The molecule has 0 amide bonds. The number of ether oxygens (including phenoxy) is 1. The van der Waals surface area contributed by atoms with Crippen LogP contribution < -0.4 is 4.74 Å². The predicted octanol–water partition coefficient (Wildman–Crippen LogP) is 3.21. The average Bonchev–Trinajstić information content (AvgIpc) is 2.53. The molecule has 0 saturated carbocycles. The van der Waals surface area contributed by atoms with E-state index in [1.807, 2.05) is 6.07 Å². The molecule has 6 heteroatoms. The second-order valence-corrected chi connectivity index (χ2v) is 8.08. The maximum absolute atomic E-state index is 6.26. The zero-order valence-corrected chi connectivity index (χ0v) is 16.3. The molecule has 0 aromatic heterocycles. The molecule has 0 N–H and O–H groups in total. The molecule has 2 fully saturated rings. The topological polar surface area (TPSA) is 19.0 Å². The molecule has 0 aliphatic carbocycles. The van der Waals surface area contributed by atoms with Crippen LogP contribution in [-0.4, -0.2) is 74.2 Å². The van der Waals surface area contributed by atoms with E-state index in [4.69, 9.17) is 27.9 Å². The van der Waals surface area contributed by atoms with Crippen LogP contribution in [0.5, 0.6) is 5.75 Å². The molecule has 2 aliphatic heterocycles. The zero-order chi connectivity index (χ0) is 17.3. The second kappa shape index (κ2) is 7.38. The molecule has 4 nitrogen and oxygen atoms in total. The van der Waals surface area contributed by atoms with E-state index in [2.05, 4.69) is 28.8 Å². The fraction of sp³-hybridized carbons (Fsp3) is 0.667. The number of rotatable bonds is 3. The molecule has 0 unspecified atom stereocenters. The number of halogens is 2. The Morgan fingerprint density at radius 3 is 2.46 bits per heavy atom. The monoisotopic (exact) mass is 371 g/mol. The third-order valence-corrected chi connectivity index (χ3v) is 6.16. The Balaban J connectivity index is 1.68. The van der Waals surface area contributed by atoms with Crippen molar-refractivity contribution in [1.29, 1.82) is 0 Å². The second-order valence-electron chi connectivity index (χ2n) is 7.24. The standard InChI is InChI=1S/C18H27Cl2N3O/c1-21-8-9-22(2)18(13-21)4-6-23(7-5-18)12-14-10-15(19)11-16(20)17(14)24-3/h10-11H,4-9,12-13H2,1-3H3. The van der Waals surface area contributed by atoms with E-state index in [9.17, 15) is 0 Å². The van der Waals surface area contributed by atoms with Gasteiger partial charge in [0.25, 0.3) is 0 Å². The molecule has 24 heavy (non-hydrogen) atoms. The van der Waals surface area contributed by atoms with Gasteiger partial charge in [-0.1, -0.05) is 23.2 Å². The molecule has 3 rings (SSSR count). The van der Waals surface area contributed by atoms with Gasteiger partial charge in [-0.05, 0) is 39.1 Å². The minimum atomic E-state index is 0.333. The van der Waals surface area contributed by atoms with Crippen LogP contribution in [0, 0.1) is 0 Å². The van der Waals surface area contributed by atoms with Crippen molar-refractivity contribution in [2.75, 3.05) is 53.9 Å². The van der Waals surface area contributed by atoms with E-state index in [-0.39, 0.29) is 0 Å². The van der Waals surface area contributed by atoms with Crippen molar-refractivity contribution in [3.63, 3.8) is 0 Å². The molecule has 1 spiro atoms. The summed E-state index contributed by atoms with van der Waals surface area (Å²) in [5, 5.41) is 1.25. The van der Waals surface area contributed by atoms with E-state index in [0.29, 0.717) is 15.6 Å². The first-order valence-electron chi connectivity index (χ1n) is 8.57. The lowest BCUT2D eigenvalue weighted by molar-refractivity contribution is -0.0206. The maximum Gasteiger partial charge on any atom is 0.142 e. The van der Waals surface area contributed by atoms with Crippen LogP contribution >= 0.6 is 23.2 Å². The molecule has 0 bridgehead atoms. The van der Waals surface area contributed by atoms with Crippen molar-refractivity contribution in [1.82, 2.24) is 14.7 Å². The highest BCUT2D eigenvalue weighted by atomic mass is 35.5. The first kappa shape index (κ1) is 18.3. The fourth-order valence-electron chi connectivity index (χ4n) is 4.13. The number of benzene rings is 1. The van der Waals surface area contributed by atoms with E-state index >= 15 is 0 Å². The summed E-state index contributed by atoms with van der Waals surface area (Å²) in [5.74, 6) is 0.746. The van der Waals surface area contributed by atoms with Gasteiger partial charge in [0.2, 0.25) is 0 Å². The van der Waals surface area contributed by atoms with E-state index in [1.165, 1.54) is 25.9 Å². The number of hydrogen-bond donors (Lipinski definition) is 0. The number of likely N-dealkylation sites (N-methyl/N-ethyl adjacent to an activating group) is 2. The van der Waals surface area contributed by atoms with Gasteiger partial charge in [-0.15, -0.1) is 0 Å². The van der Waals surface area contributed by atoms with Crippen molar-refractivity contribution >= 4 is 23.2 Å². The summed E-state index contributed by atoms with van der Waals surface area (Å²) < 4.78 is 5.48. The Hall–Kier alpha value is -0.520. The molecular formula is C18H27Cl2N3O. The summed E-state index contributed by atoms with van der Waals surface area (Å²) in [6.07, 6.45) is 2.40. The average molecular weight is 372 g/mol. The lowest BCUT2D eigenvalue weighted by Gasteiger charge is -2.52. The highest BCUT2D eigenvalue weighted by Gasteiger charge is 2.41. The van der Waals surface area contributed by atoms with Crippen LogP contribution in [0.2, 0.25) is 10.0 Å². The largest absolute Gasteiger partial charge is 0.495 e. The van der Waals surface area contributed by atoms with Gasteiger partial charge in [0.15, 0.2) is 0 Å². The van der Waals surface area contributed by atoms with Gasteiger partial charge < -0.3 is 9.64 Å². The van der Waals surface area contributed by atoms with Crippen molar-refractivity contribution < 1.29 is 4.74 Å². The Morgan fingerprint density at radius 1 is 1.08 bits per heavy atom. The van der Waals surface area contributed by atoms with Gasteiger partial charge in [-0.2, -0.15) is 0 Å². The summed E-state index contributed by atoms with van der Waals surface area (Å²) in [7, 11) is 6.18. The minimum Gasteiger partial charge on any atom is -0.495 e. The van der Waals surface area contributed by atoms with Gasteiger partial charge in [-0.3, -0.25) is 9.80 Å². The summed E-state index contributed by atoms with van der Waals surface area (Å²) in [5.41, 5.74) is 1.40. The zero-order valence-electron chi connectivity index (χ0n) is 14.8. The number of methoxy groups -OCH3 is 1. The first-order chi connectivity index (χ1) is 11.4. The van der Waals surface area contributed by atoms with Crippen molar-refractivity contribution in [3.8, 4) is 5.75 Å². The normalized spacial score (nSPS) is 22.9. The highest BCUT2D eigenvalue weighted by Crippen LogP contribution is 2.35. The fourth-order valence-corrected chi connectivity index (χ4v) is 4.74. The third kappa shape index (κ3) is 3.68. The number of piperidine rings is 1. The molecular weight excluding hydrogens is 345 g/mol. The third-order valence-electron chi connectivity index (χ3n) is 5.66. The van der Waals surface area contributed by atoms with Crippen LogP contribution in [0.25, 0.3) is 0 Å². The Bertz CT molecular complexity index is 588. The maximum atomic E-state index is 6.26. The van der Waals surface area contributed by atoms with E-state index in [1.54, 1.807) is 13.2 Å². The van der Waals surface area contributed by atoms with Crippen molar-refractivity contribution in [2.24, 2.45) is 0 Å². The molecule has 2 saturated heterocycles. The number of piperazine rings is 1.